The molecule has 0 saturated carbocycles. The molecule has 1 N–H and O–H groups in total. The number of carbonyl (C=O) groups excluding carboxylic acids is 1. The average molecular weight is 263 g/mol. The number of rotatable bonds is 7. The van der Waals surface area contributed by atoms with E-state index in [0.717, 1.165) is 37.1 Å². The van der Waals surface area contributed by atoms with Crippen LogP contribution in [0.15, 0.2) is 24.3 Å². The second-order valence-electron chi connectivity index (χ2n) is 5.29. The number of benzene rings is 1. The summed E-state index contributed by atoms with van der Waals surface area (Å²) in [5.74, 6) is 0.810. The Balaban J connectivity index is 2.75. The molecular weight excluding hydrogens is 238 g/mol. The number of amides is 1. The largest absolute Gasteiger partial charge is 0.496 e. The van der Waals surface area contributed by atoms with Crippen molar-refractivity contribution in [3.8, 4) is 5.75 Å². The summed E-state index contributed by atoms with van der Waals surface area (Å²) in [7, 11) is 1.63. The zero-order valence-electron chi connectivity index (χ0n) is 12.5. The van der Waals surface area contributed by atoms with Crippen LogP contribution in [-0.2, 0) is 10.2 Å². The van der Waals surface area contributed by atoms with Crippen LogP contribution in [0.5, 0.6) is 5.75 Å². The highest BCUT2D eigenvalue weighted by Crippen LogP contribution is 2.31. The maximum Gasteiger partial charge on any atom is 0.230 e. The number of ether oxygens (including phenoxy) is 1. The van der Waals surface area contributed by atoms with Crippen LogP contribution in [0.1, 0.15) is 45.6 Å². The Kier molecular flexibility index (Phi) is 5.87. The van der Waals surface area contributed by atoms with Crippen molar-refractivity contribution in [3.63, 3.8) is 0 Å². The van der Waals surface area contributed by atoms with Gasteiger partial charge in [0.25, 0.3) is 0 Å². The van der Waals surface area contributed by atoms with E-state index in [4.69, 9.17) is 4.74 Å². The summed E-state index contributed by atoms with van der Waals surface area (Å²) in [6.45, 7) is 6.76. The molecule has 0 aliphatic rings. The summed E-state index contributed by atoms with van der Waals surface area (Å²) in [5, 5.41) is 3.01. The molecule has 0 unspecified atom stereocenters. The Hall–Kier alpha value is -1.51. The molecule has 19 heavy (non-hydrogen) atoms. The lowest BCUT2D eigenvalue weighted by Gasteiger charge is -2.26. The molecule has 0 saturated heterocycles. The third kappa shape index (κ3) is 3.98. The van der Waals surface area contributed by atoms with Crippen LogP contribution in [-0.4, -0.2) is 19.6 Å². The molecule has 3 nitrogen and oxygen atoms in total. The van der Waals surface area contributed by atoms with Crippen LogP contribution in [0.2, 0.25) is 0 Å². The third-order valence-corrected chi connectivity index (χ3v) is 3.41. The number of nitrogens with one attached hydrogen (secondary N) is 1. The molecule has 0 radical (unpaired) electrons. The summed E-state index contributed by atoms with van der Waals surface area (Å²) in [6.07, 6.45) is 3.34. The van der Waals surface area contributed by atoms with Crippen molar-refractivity contribution in [1.82, 2.24) is 5.32 Å². The second kappa shape index (κ2) is 7.17. The van der Waals surface area contributed by atoms with E-state index in [1.165, 1.54) is 0 Å². The standard InChI is InChI=1S/C16H25NO2/c1-5-6-9-12-17-15(18)16(2,3)13-10-7-8-11-14(13)19-4/h7-8,10-11H,5-6,9,12H2,1-4H3,(H,17,18). The lowest BCUT2D eigenvalue weighted by atomic mass is 9.83. The van der Waals surface area contributed by atoms with Gasteiger partial charge in [0, 0.05) is 12.1 Å². The van der Waals surface area contributed by atoms with Gasteiger partial charge in [0.2, 0.25) is 5.91 Å². The maximum atomic E-state index is 12.3. The van der Waals surface area contributed by atoms with Crippen molar-refractivity contribution in [2.75, 3.05) is 13.7 Å². The van der Waals surface area contributed by atoms with E-state index in [2.05, 4.69) is 12.2 Å². The van der Waals surface area contributed by atoms with Gasteiger partial charge < -0.3 is 10.1 Å². The second-order valence-corrected chi connectivity index (χ2v) is 5.29. The molecule has 1 aromatic rings. The van der Waals surface area contributed by atoms with E-state index in [1.807, 2.05) is 38.1 Å². The van der Waals surface area contributed by atoms with Gasteiger partial charge in [0.15, 0.2) is 0 Å². The van der Waals surface area contributed by atoms with Gasteiger partial charge >= 0.3 is 0 Å². The van der Waals surface area contributed by atoms with E-state index in [1.54, 1.807) is 7.11 Å². The Morgan fingerprint density at radius 1 is 1.26 bits per heavy atom. The lowest BCUT2D eigenvalue weighted by molar-refractivity contribution is -0.125. The van der Waals surface area contributed by atoms with Gasteiger partial charge in [-0.3, -0.25) is 4.79 Å². The van der Waals surface area contributed by atoms with Crippen molar-refractivity contribution < 1.29 is 9.53 Å². The molecule has 0 aromatic heterocycles. The van der Waals surface area contributed by atoms with Crippen LogP contribution in [0.3, 0.4) is 0 Å². The number of hydrogen-bond acceptors (Lipinski definition) is 2. The van der Waals surface area contributed by atoms with E-state index < -0.39 is 5.41 Å². The van der Waals surface area contributed by atoms with E-state index in [0.29, 0.717) is 0 Å². The predicted octanol–water partition coefficient (Wildman–Crippen LogP) is 3.28. The first-order valence-electron chi connectivity index (χ1n) is 6.95. The molecule has 0 fully saturated rings. The van der Waals surface area contributed by atoms with Crippen molar-refractivity contribution in [2.24, 2.45) is 0 Å². The summed E-state index contributed by atoms with van der Waals surface area (Å²) in [4.78, 5) is 12.3. The number of unbranched alkanes of at least 4 members (excludes halogenated alkanes) is 2. The number of para-hydroxylation sites is 1. The van der Waals surface area contributed by atoms with Crippen molar-refractivity contribution in [2.45, 2.75) is 45.4 Å². The van der Waals surface area contributed by atoms with Gasteiger partial charge in [0.1, 0.15) is 5.75 Å². The average Bonchev–Trinajstić information content (AvgIpc) is 2.43. The molecule has 0 aliphatic carbocycles. The van der Waals surface area contributed by atoms with Gasteiger partial charge in [-0.25, -0.2) is 0 Å². The van der Waals surface area contributed by atoms with Gasteiger partial charge in [-0.1, -0.05) is 38.0 Å². The van der Waals surface area contributed by atoms with Gasteiger partial charge in [-0.2, -0.15) is 0 Å². The maximum absolute atomic E-state index is 12.3. The highest BCUT2D eigenvalue weighted by atomic mass is 16.5. The SMILES string of the molecule is CCCCCNC(=O)C(C)(C)c1ccccc1OC. The van der Waals surface area contributed by atoms with Crippen LogP contribution in [0.25, 0.3) is 0 Å². The summed E-state index contributed by atoms with van der Waals surface area (Å²) in [6, 6.07) is 7.69. The minimum absolute atomic E-state index is 0.0492. The minimum atomic E-state index is -0.585. The molecule has 106 valence electrons. The summed E-state index contributed by atoms with van der Waals surface area (Å²) in [5.41, 5.74) is 0.337. The lowest BCUT2D eigenvalue weighted by Crippen LogP contribution is -2.40. The molecule has 3 heteroatoms. The summed E-state index contributed by atoms with van der Waals surface area (Å²) < 4.78 is 5.34. The molecule has 0 heterocycles. The smallest absolute Gasteiger partial charge is 0.230 e. The fourth-order valence-electron chi connectivity index (χ4n) is 2.08. The van der Waals surface area contributed by atoms with E-state index in [9.17, 15) is 4.79 Å². The highest BCUT2D eigenvalue weighted by Gasteiger charge is 2.31. The minimum Gasteiger partial charge on any atom is -0.496 e. The first-order valence-corrected chi connectivity index (χ1v) is 6.95. The normalized spacial score (nSPS) is 11.2. The Morgan fingerprint density at radius 3 is 2.58 bits per heavy atom. The van der Waals surface area contributed by atoms with Crippen molar-refractivity contribution in [1.29, 1.82) is 0 Å². The number of methoxy groups -OCH3 is 1. The topological polar surface area (TPSA) is 38.3 Å². The Labute approximate surface area is 116 Å². The van der Waals surface area contributed by atoms with Gasteiger partial charge in [0.05, 0.1) is 12.5 Å². The molecule has 0 aliphatic heterocycles. The van der Waals surface area contributed by atoms with Crippen molar-refractivity contribution >= 4 is 5.91 Å². The number of hydrogen-bond donors (Lipinski definition) is 1. The Morgan fingerprint density at radius 2 is 1.95 bits per heavy atom. The predicted molar refractivity (Wildman–Crippen MR) is 78.6 cm³/mol. The first kappa shape index (κ1) is 15.5. The molecule has 1 aromatic carbocycles. The Bertz CT molecular complexity index is 413. The monoisotopic (exact) mass is 263 g/mol. The van der Waals surface area contributed by atoms with Crippen LogP contribution < -0.4 is 10.1 Å². The van der Waals surface area contributed by atoms with Crippen LogP contribution >= 0.6 is 0 Å². The zero-order chi connectivity index (χ0) is 14.3. The quantitative estimate of drug-likeness (QED) is 0.767. The fraction of sp³-hybridized carbons (Fsp3) is 0.562. The van der Waals surface area contributed by atoms with E-state index >= 15 is 0 Å². The van der Waals surface area contributed by atoms with Gasteiger partial charge in [-0.15, -0.1) is 0 Å². The van der Waals surface area contributed by atoms with Crippen molar-refractivity contribution in [3.05, 3.63) is 29.8 Å². The number of carbonyl (C=O) groups is 1. The van der Waals surface area contributed by atoms with Crippen LogP contribution in [0, 0.1) is 0 Å². The van der Waals surface area contributed by atoms with Gasteiger partial charge in [-0.05, 0) is 26.3 Å². The molecule has 0 bridgehead atoms. The first-order chi connectivity index (χ1) is 9.04. The molecule has 1 amide bonds. The molecule has 0 spiro atoms. The molecule has 1 rings (SSSR count). The highest BCUT2D eigenvalue weighted by molar-refractivity contribution is 5.88. The van der Waals surface area contributed by atoms with E-state index in [-0.39, 0.29) is 5.91 Å². The fourth-order valence-corrected chi connectivity index (χ4v) is 2.08. The third-order valence-electron chi connectivity index (χ3n) is 3.41. The van der Waals surface area contributed by atoms with Crippen LogP contribution in [0.4, 0.5) is 0 Å². The molecular formula is C16H25NO2. The molecule has 0 atom stereocenters. The summed E-state index contributed by atoms with van der Waals surface area (Å²) >= 11 is 0. The zero-order valence-corrected chi connectivity index (χ0v) is 12.5.